The third-order valence-corrected chi connectivity index (χ3v) is 5.82. The summed E-state index contributed by atoms with van der Waals surface area (Å²) < 4.78 is 60.7. The quantitative estimate of drug-likeness (QED) is 0.408. The van der Waals surface area contributed by atoms with Crippen molar-refractivity contribution in [3.8, 4) is 23.0 Å². The highest BCUT2D eigenvalue weighted by atomic mass is 32.2. The monoisotopic (exact) mass is 520 g/mol. The van der Waals surface area contributed by atoms with Gasteiger partial charge in [-0.05, 0) is 59.8 Å². The largest absolute Gasteiger partial charge is 0.497 e. The summed E-state index contributed by atoms with van der Waals surface area (Å²) in [5.41, 5.74) is 0.238. The third-order valence-electron chi connectivity index (χ3n) is 4.86. The molecule has 2 aromatic carbocycles. The van der Waals surface area contributed by atoms with Crippen molar-refractivity contribution in [2.24, 2.45) is 10.1 Å². The molecular weight excluding hydrogens is 501 g/mol. The summed E-state index contributed by atoms with van der Waals surface area (Å²) in [6, 6.07) is 11.9. The second kappa shape index (κ2) is 10.3. The molecule has 2 aromatic rings. The molecule has 0 aromatic heterocycles. The van der Waals surface area contributed by atoms with Crippen molar-refractivity contribution in [2.75, 3.05) is 27.4 Å². The number of hydrogen-bond donors (Lipinski definition) is 1. The Labute approximate surface area is 207 Å². The summed E-state index contributed by atoms with van der Waals surface area (Å²) in [6.45, 7) is 0.483. The van der Waals surface area contributed by atoms with Gasteiger partial charge in [0.1, 0.15) is 24.7 Å². The second-order valence-corrected chi connectivity index (χ2v) is 8.16. The maximum atomic E-state index is 13.0. The molecule has 2 heterocycles. The second-order valence-electron chi connectivity index (χ2n) is 7.21. The first-order chi connectivity index (χ1) is 17.2. The highest BCUT2D eigenvalue weighted by molar-refractivity contribution is 8.27. The van der Waals surface area contributed by atoms with Crippen LogP contribution in [0.2, 0.25) is 0 Å². The van der Waals surface area contributed by atoms with Crippen LogP contribution in [0.3, 0.4) is 0 Å². The number of ether oxygens (including phenoxy) is 4. The number of amides is 1. The Bertz CT molecular complexity index is 1280. The molecule has 36 heavy (non-hydrogen) atoms. The van der Waals surface area contributed by atoms with Crippen molar-refractivity contribution in [1.29, 1.82) is 5.41 Å². The molecule has 0 aliphatic carbocycles. The summed E-state index contributed by atoms with van der Waals surface area (Å²) in [4.78, 5) is 16.1. The number of fused-ring (bicyclic) bond motifs is 1. The molecule has 0 atom stereocenters. The number of carbonyl (C=O) groups excluding carboxylic acids is 1. The number of nitrogens with one attached hydrogen (secondary N) is 1. The van der Waals surface area contributed by atoms with Gasteiger partial charge in [-0.3, -0.25) is 10.2 Å². The topological polar surface area (TPSA) is 106 Å². The van der Waals surface area contributed by atoms with Crippen LogP contribution in [0.25, 0.3) is 6.08 Å². The molecule has 2 aliphatic heterocycles. The highest BCUT2D eigenvalue weighted by Crippen LogP contribution is 2.36. The fourth-order valence-corrected chi connectivity index (χ4v) is 3.91. The molecule has 0 saturated heterocycles. The Morgan fingerprint density at radius 2 is 1.69 bits per heavy atom. The van der Waals surface area contributed by atoms with Crippen LogP contribution in [0.1, 0.15) is 5.56 Å². The smallest absolute Gasteiger partial charge is 0.441 e. The number of thioether (sulfide) groups is 1. The van der Waals surface area contributed by atoms with Crippen LogP contribution in [-0.2, 0) is 4.79 Å². The van der Waals surface area contributed by atoms with E-state index in [1.165, 1.54) is 13.2 Å². The summed E-state index contributed by atoms with van der Waals surface area (Å²) in [7, 11) is 3.01. The molecule has 13 heteroatoms. The van der Waals surface area contributed by atoms with Gasteiger partial charge in [-0.25, -0.2) is 0 Å². The van der Waals surface area contributed by atoms with E-state index in [1.54, 1.807) is 49.6 Å². The van der Waals surface area contributed by atoms with E-state index in [0.29, 0.717) is 33.6 Å². The fourth-order valence-electron chi connectivity index (χ4n) is 3.15. The third kappa shape index (κ3) is 5.46. The van der Waals surface area contributed by atoms with Gasteiger partial charge in [0.25, 0.3) is 5.91 Å². The molecule has 0 unspecified atom stereocenters. The molecule has 188 valence electrons. The summed E-state index contributed by atoms with van der Waals surface area (Å²) >= 11 is 0.195. The van der Waals surface area contributed by atoms with Gasteiger partial charge in [-0.2, -0.15) is 28.3 Å². The first kappa shape index (κ1) is 25.1. The molecule has 0 fully saturated rings. The van der Waals surface area contributed by atoms with Crippen molar-refractivity contribution in [2.45, 2.75) is 6.18 Å². The number of hydrazone groups is 1. The predicted molar refractivity (Wildman–Crippen MR) is 128 cm³/mol. The number of carbonyl (C=O) groups is 1. The zero-order valence-corrected chi connectivity index (χ0v) is 19.8. The number of halogens is 3. The van der Waals surface area contributed by atoms with Gasteiger partial charge in [0.05, 0.1) is 19.8 Å². The van der Waals surface area contributed by atoms with Crippen LogP contribution in [0.5, 0.6) is 23.0 Å². The number of hydrogen-bond acceptors (Lipinski definition) is 8. The van der Waals surface area contributed by atoms with Gasteiger partial charge in [0, 0.05) is 0 Å². The average molecular weight is 520 g/mol. The number of rotatable bonds is 8. The number of amidine groups is 2. The van der Waals surface area contributed by atoms with Crippen LogP contribution in [0, 0.1) is 5.41 Å². The van der Waals surface area contributed by atoms with E-state index in [1.807, 2.05) is 0 Å². The average Bonchev–Trinajstić information content (AvgIpc) is 3.30. The predicted octanol–water partition coefficient (Wildman–Crippen LogP) is 4.34. The van der Waals surface area contributed by atoms with Crippen LogP contribution < -0.4 is 18.9 Å². The zero-order chi connectivity index (χ0) is 25.9. The molecule has 1 N–H and O–H groups in total. The number of nitrogens with zero attached hydrogens (tertiary/aromatic N) is 3. The summed E-state index contributed by atoms with van der Waals surface area (Å²) in [5, 5.41) is 10.8. The van der Waals surface area contributed by atoms with Crippen LogP contribution in [0.15, 0.2) is 58.1 Å². The fraction of sp³-hybridized carbons (Fsp3) is 0.217. The van der Waals surface area contributed by atoms with Gasteiger partial charge >= 0.3 is 6.18 Å². The summed E-state index contributed by atoms with van der Waals surface area (Å²) in [5.74, 6) is 0.787. The lowest BCUT2D eigenvalue weighted by Crippen LogP contribution is -2.35. The highest BCUT2D eigenvalue weighted by Gasteiger charge is 2.46. The van der Waals surface area contributed by atoms with E-state index >= 15 is 0 Å². The van der Waals surface area contributed by atoms with Crippen molar-refractivity contribution < 1.29 is 36.9 Å². The maximum Gasteiger partial charge on any atom is 0.441 e. The molecule has 9 nitrogen and oxygen atoms in total. The number of methoxy groups -OCH3 is 2. The Balaban J connectivity index is 1.43. The van der Waals surface area contributed by atoms with E-state index in [-0.39, 0.29) is 35.7 Å². The van der Waals surface area contributed by atoms with Gasteiger partial charge in [0.2, 0.25) is 10.2 Å². The molecule has 0 bridgehead atoms. The minimum absolute atomic E-state index is 0.195. The van der Waals surface area contributed by atoms with E-state index in [2.05, 4.69) is 10.1 Å². The lowest BCUT2D eigenvalue weighted by molar-refractivity contribution is -0.114. The molecule has 4 rings (SSSR count). The molecule has 1 amide bonds. The van der Waals surface area contributed by atoms with Crippen molar-refractivity contribution in [3.05, 3.63) is 53.6 Å². The molecule has 0 spiro atoms. The Morgan fingerprint density at radius 3 is 2.36 bits per heavy atom. The van der Waals surface area contributed by atoms with Gasteiger partial charge in [0.15, 0.2) is 17.3 Å². The number of benzene rings is 2. The van der Waals surface area contributed by atoms with E-state index in [0.717, 1.165) is 0 Å². The SMILES string of the molecule is COc1ccc(OCCOc2ccc(/C=C3\C(=N)N4N=C(C(F)(F)F)SC4=NC3=O)cc2OC)cc1. The molecular formula is C23H19F3N4O5S. The number of aliphatic imine (C=N–C) groups is 1. The van der Waals surface area contributed by atoms with Crippen molar-refractivity contribution in [3.63, 3.8) is 0 Å². The summed E-state index contributed by atoms with van der Waals surface area (Å²) in [6.07, 6.45) is -3.38. The van der Waals surface area contributed by atoms with E-state index < -0.39 is 23.0 Å². The van der Waals surface area contributed by atoms with Gasteiger partial charge in [-0.1, -0.05) is 6.07 Å². The minimum Gasteiger partial charge on any atom is -0.497 e. The Morgan fingerprint density at radius 1 is 1.00 bits per heavy atom. The van der Waals surface area contributed by atoms with Gasteiger partial charge in [-0.15, -0.1) is 0 Å². The maximum absolute atomic E-state index is 13.0. The van der Waals surface area contributed by atoms with E-state index in [9.17, 15) is 18.0 Å². The number of alkyl halides is 3. The molecule has 0 radical (unpaired) electrons. The Kier molecular flexibility index (Phi) is 7.20. The standard InChI is InChI=1S/C23H19F3N4O5S/c1-32-14-4-6-15(7-5-14)34-9-10-35-17-8-3-13(12-18(17)33-2)11-16-19(27)30-22(28-20(16)31)36-21(29-30)23(24,25)26/h3-8,11-12,27H,9-10H2,1-2H3/b16-11+,27-19?. The Hall–Kier alpha value is -4.00. The minimum atomic E-state index is -4.71. The first-order valence-electron chi connectivity index (χ1n) is 10.3. The van der Waals surface area contributed by atoms with E-state index in [4.69, 9.17) is 24.4 Å². The zero-order valence-electron chi connectivity index (χ0n) is 19.0. The first-order valence-corrected chi connectivity index (χ1v) is 11.2. The van der Waals surface area contributed by atoms with Gasteiger partial charge < -0.3 is 18.9 Å². The van der Waals surface area contributed by atoms with Crippen LogP contribution in [-0.4, -0.2) is 60.6 Å². The lowest BCUT2D eigenvalue weighted by atomic mass is 10.1. The normalized spacial score (nSPS) is 16.5. The van der Waals surface area contributed by atoms with Crippen LogP contribution >= 0.6 is 11.8 Å². The van der Waals surface area contributed by atoms with Crippen LogP contribution in [0.4, 0.5) is 13.2 Å². The van der Waals surface area contributed by atoms with Crippen molar-refractivity contribution >= 4 is 39.8 Å². The molecule has 0 saturated carbocycles. The molecule has 2 aliphatic rings. The lowest BCUT2D eigenvalue weighted by Gasteiger charge is -2.20. The van der Waals surface area contributed by atoms with Crippen molar-refractivity contribution in [1.82, 2.24) is 5.01 Å².